The number of aliphatic hydroxyl groups is 1. The molecule has 4 aliphatic carbocycles. The number of cyclic esters (lactones) is 1. The van der Waals surface area contributed by atoms with E-state index in [9.17, 15) is 19.5 Å². The smallest absolute Gasteiger partial charge is 0.331 e. The van der Waals surface area contributed by atoms with E-state index >= 15 is 0 Å². The average molecular weight is 475 g/mol. The molecule has 0 unspecified atom stereocenters. The van der Waals surface area contributed by atoms with Crippen molar-refractivity contribution in [2.24, 2.45) is 34.5 Å². The van der Waals surface area contributed by atoms with E-state index in [1.807, 2.05) is 0 Å². The molecule has 9 atom stereocenters. The van der Waals surface area contributed by atoms with Crippen LogP contribution in [0.1, 0.15) is 79.1 Å². The molecule has 0 aromatic rings. The van der Waals surface area contributed by atoms with E-state index in [2.05, 4.69) is 13.8 Å². The second-order valence-electron chi connectivity index (χ2n) is 12.0. The van der Waals surface area contributed by atoms with Crippen LogP contribution in [0.25, 0.3) is 0 Å². The van der Waals surface area contributed by atoms with Crippen molar-refractivity contribution in [2.45, 2.75) is 96.9 Å². The highest BCUT2D eigenvalue weighted by Gasteiger charge is 2.72. The molecule has 4 fully saturated rings. The third-order valence-electron chi connectivity index (χ3n) is 10.6. The zero-order valence-electron chi connectivity index (χ0n) is 20.8. The summed E-state index contributed by atoms with van der Waals surface area (Å²) in [7, 11) is 0. The molecule has 1 aliphatic heterocycles. The third-order valence-corrected chi connectivity index (χ3v) is 10.6. The first kappa shape index (κ1) is 23.8. The minimum absolute atomic E-state index is 0.0134. The maximum atomic E-state index is 12.6. The summed E-state index contributed by atoms with van der Waals surface area (Å²) in [6.07, 6.45) is 7.85. The fraction of sp³-hybridized carbons (Fsp3) is 0.815. The van der Waals surface area contributed by atoms with Crippen LogP contribution in [0.15, 0.2) is 11.6 Å². The predicted molar refractivity (Wildman–Crippen MR) is 122 cm³/mol. The van der Waals surface area contributed by atoms with Crippen molar-refractivity contribution in [3.05, 3.63) is 11.6 Å². The molecule has 7 nitrogen and oxygen atoms in total. The Kier molecular flexibility index (Phi) is 5.66. The molecular formula is C27H38O7. The van der Waals surface area contributed by atoms with E-state index in [-0.39, 0.29) is 47.9 Å². The maximum Gasteiger partial charge on any atom is 0.331 e. The summed E-state index contributed by atoms with van der Waals surface area (Å²) in [5.41, 5.74) is -0.673. The van der Waals surface area contributed by atoms with Gasteiger partial charge < -0.3 is 19.3 Å². The first-order chi connectivity index (χ1) is 16.0. The summed E-state index contributed by atoms with van der Waals surface area (Å²) in [5, 5.41) is 12.6. The van der Waals surface area contributed by atoms with Crippen LogP contribution in [-0.2, 0) is 28.6 Å². The van der Waals surface area contributed by atoms with Crippen molar-refractivity contribution in [3.8, 4) is 0 Å². The molecule has 34 heavy (non-hydrogen) atoms. The number of rotatable bonds is 3. The summed E-state index contributed by atoms with van der Waals surface area (Å²) >= 11 is 0. The Morgan fingerprint density at radius 1 is 1.00 bits per heavy atom. The molecule has 7 heteroatoms. The minimum atomic E-state index is -1.15. The Morgan fingerprint density at radius 3 is 2.38 bits per heavy atom. The van der Waals surface area contributed by atoms with Crippen LogP contribution in [0.3, 0.4) is 0 Å². The number of hydrogen-bond acceptors (Lipinski definition) is 7. The van der Waals surface area contributed by atoms with Gasteiger partial charge in [0.2, 0.25) is 0 Å². The fourth-order valence-electron chi connectivity index (χ4n) is 9.04. The zero-order valence-corrected chi connectivity index (χ0v) is 20.8. The molecule has 0 aromatic carbocycles. The largest absolute Gasteiger partial charge is 0.463 e. The monoisotopic (exact) mass is 474 g/mol. The lowest BCUT2D eigenvalue weighted by Gasteiger charge is -2.64. The van der Waals surface area contributed by atoms with Gasteiger partial charge in [0.1, 0.15) is 24.4 Å². The Balaban J connectivity index is 1.48. The highest BCUT2D eigenvalue weighted by Crippen LogP contribution is 2.70. The van der Waals surface area contributed by atoms with Crippen LogP contribution >= 0.6 is 0 Å². The maximum absolute atomic E-state index is 12.6. The van der Waals surface area contributed by atoms with E-state index in [4.69, 9.17) is 14.2 Å². The van der Waals surface area contributed by atoms with Crippen molar-refractivity contribution in [1.29, 1.82) is 0 Å². The van der Waals surface area contributed by atoms with E-state index in [0.29, 0.717) is 18.3 Å². The van der Waals surface area contributed by atoms with Crippen LogP contribution in [0.5, 0.6) is 0 Å². The molecule has 1 heterocycles. The first-order valence-corrected chi connectivity index (χ1v) is 12.9. The van der Waals surface area contributed by atoms with Gasteiger partial charge in [-0.2, -0.15) is 0 Å². The van der Waals surface area contributed by atoms with E-state index in [0.717, 1.165) is 50.5 Å². The topological polar surface area (TPSA) is 99.1 Å². The number of carbonyl (C=O) groups is 3. The molecule has 0 aromatic heterocycles. The fourth-order valence-corrected chi connectivity index (χ4v) is 9.04. The summed E-state index contributed by atoms with van der Waals surface area (Å²) in [4.78, 5) is 35.5. The normalized spacial score (nSPS) is 47.6. The molecule has 188 valence electrons. The van der Waals surface area contributed by atoms with Gasteiger partial charge >= 0.3 is 17.9 Å². The lowest BCUT2D eigenvalue weighted by Crippen LogP contribution is -2.66. The standard InChI is InChI=1S/C27H38O7/c1-15(28)33-19-7-9-25(3)18(12-19)5-6-21-20(25)8-10-26(4)22(17-11-24(30)32-14-17)13-23(27(21,26)31)34-16(2)29/h11,18-23,31H,5-10,12-14H2,1-4H3/t18-,19-,20-,21+,22+,23+,25-,26+,27+/m0/s1. The SMILES string of the molecule is CC(=O)O[C@H]1CC[C@@]2(C)[C@@H](CC[C@@H]3[C@@H]2CC[C@]2(C)[C@@H](C4=CC(=O)OC4)C[C@@H](OC(C)=O)[C@]32O)C1. The number of esters is 3. The molecule has 0 spiro atoms. The van der Waals surface area contributed by atoms with Crippen molar-refractivity contribution >= 4 is 17.9 Å². The molecular weight excluding hydrogens is 436 g/mol. The van der Waals surface area contributed by atoms with Crippen molar-refractivity contribution in [1.82, 2.24) is 0 Å². The number of hydrogen-bond donors (Lipinski definition) is 1. The second kappa shape index (κ2) is 8.07. The third kappa shape index (κ3) is 3.36. The minimum Gasteiger partial charge on any atom is -0.463 e. The van der Waals surface area contributed by atoms with Gasteiger partial charge in [0.05, 0.1) is 0 Å². The number of ether oxygens (including phenoxy) is 3. The molecule has 5 rings (SSSR count). The van der Waals surface area contributed by atoms with E-state index in [1.165, 1.54) is 13.8 Å². The van der Waals surface area contributed by atoms with Crippen molar-refractivity contribution in [2.75, 3.05) is 6.61 Å². The Bertz CT molecular complexity index is 926. The zero-order chi connectivity index (χ0) is 24.5. The lowest BCUT2D eigenvalue weighted by atomic mass is 9.43. The molecule has 0 saturated heterocycles. The van der Waals surface area contributed by atoms with Gasteiger partial charge in [-0.15, -0.1) is 0 Å². The van der Waals surface area contributed by atoms with Gasteiger partial charge in [-0.25, -0.2) is 4.79 Å². The summed E-state index contributed by atoms with van der Waals surface area (Å²) in [6.45, 7) is 7.64. The highest BCUT2D eigenvalue weighted by molar-refractivity contribution is 5.85. The highest BCUT2D eigenvalue weighted by atomic mass is 16.6. The predicted octanol–water partition coefficient (Wildman–Crippen LogP) is 3.72. The molecule has 5 aliphatic rings. The Morgan fingerprint density at radius 2 is 1.74 bits per heavy atom. The second-order valence-corrected chi connectivity index (χ2v) is 12.0. The van der Waals surface area contributed by atoms with Gasteiger partial charge in [0, 0.05) is 25.3 Å². The van der Waals surface area contributed by atoms with Crippen LogP contribution in [0.4, 0.5) is 0 Å². The van der Waals surface area contributed by atoms with Crippen LogP contribution in [-0.4, -0.2) is 47.4 Å². The van der Waals surface area contributed by atoms with Gasteiger partial charge in [-0.1, -0.05) is 13.8 Å². The van der Waals surface area contributed by atoms with Crippen molar-refractivity contribution in [3.63, 3.8) is 0 Å². The van der Waals surface area contributed by atoms with Gasteiger partial charge in [-0.3, -0.25) is 9.59 Å². The Labute approximate surface area is 201 Å². The van der Waals surface area contributed by atoms with Crippen LogP contribution in [0.2, 0.25) is 0 Å². The van der Waals surface area contributed by atoms with Gasteiger partial charge in [0.15, 0.2) is 0 Å². The lowest BCUT2D eigenvalue weighted by molar-refractivity contribution is -0.241. The number of fused-ring (bicyclic) bond motifs is 5. The molecule has 0 amide bonds. The molecule has 0 radical (unpaired) electrons. The number of carbonyl (C=O) groups excluding carboxylic acids is 3. The Hall–Kier alpha value is -1.89. The molecule has 0 bridgehead atoms. The van der Waals surface area contributed by atoms with Gasteiger partial charge in [-0.05, 0) is 86.0 Å². The van der Waals surface area contributed by atoms with Crippen molar-refractivity contribution < 1.29 is 33.7 Å². The summed E-state index contributed by atoms with van der Waals surface area (Å²) in [5.74, 6) is -0.190. The quantitative estimate of drug-likeness (QED) is 0.492. The van der Waals surface area contributed by atoms with E-state index < -0.39 is 17.1 Å². The van der Waals surface area contributed by atoms with Crippen LogP contribution < -0.4 is 0 Å². The first-order valence-electron chi connectivity index (χ1n) is 12.9. The van der Waals surface area contributed by atoms with E-state index in [1.54, 1.807) is 6.08 Å². The molecule has 4 saturated carbocycles. The summed E-state index contributed by atoms with van der Waals surface area (Å²) in [6, 6.07) is 0. The molecule has 1 N–H and O–H groups in total. The summed E-state index contributed by atoms with van der Waals surface area (Å²) < 4.78 is 16.6. The van der Waals surface area contributed by atoms with Gasteiger partial charge in [0.25, 0.3) is 0 Å². The van der Waals surface area contributed by atoms with Crippen LogP contribution in [0, 0.1) is 34.5 Å². The average Bonchev–Trinajstić information content (AvgIpc) is 3.27.